The molecule has 2 aromatic carbocycles. The van der Waals surface area contributed by atoms with Crippen molar-refractivity contribution in [2.24, 2.45) is 0 Å². The van der Waals surface area contributed by atoms with Crippen molar-refractivity contribution < 1.29 is 23.4 Å². The Morgan fingerprint density at radius 3 is 2.91 bits per heavy atom. The zero-order valence-corrected chi connectivity index (χ0v) is 18.4. The average molecular weight is 461 g/mol. The molecule has 0 radical (unpaired) electrons. The molecule has 1 saturated heterocycles. The third-order valence-electron chi connectivity index (χ3n) is 5.18. The zero-order chi connectivity index (χ0) is 22.7. The number of nitrogens with zero attached hydrogens (tertiary/aromatic N) is 3. The summed E-state index contributed by atoms with van der Waals surface area (Å²) < 4.78 is 30.9. The van der Waals surface area contributed by atoms with Crippen LogP contribution in [-0.4, -0.2) is 60.8 Å². The van der Waals surface area contributed by atoms with Gasteiger partial charge in [0, 0.05) is 31.5 Å². The van der Waals surface area contributed by atoms with E-state index in [4.69, 9.17) is 25.8 Å². The summed E-state index contributed by atoms with van der Waals surface area (Å²) in [6.45, 7) is 1.12. The summed E-state index contributed by atoms with van der Waals surface area (Å²) in [5.41, 5.74) is 0.787. The van der Waals surface area contributed by atoms with Gasteiger partial charge >= 0.3 is 0 Å². The van der Waals surface area contributed by atoms with Gasteiger partial charge in [0.2, 0.25) is 5.91 Å². The van der Waals surface area contributed by atoms with E-state index < -0.39 is 5.82 Å². The van der Waals surface area contributed by atoms with E-state index >= 15 is 0 Å². The molecule has 1 fully saturated rings. The molecule has 0 saturated carbocycles. The van der Waals surface area contributed by atoms with Crippen molar-refractivity contribution >= 4 is 39.9 Å². The van der Waals surface area contributed by atoms with Crippen molar-refractivity contribution in [2.75, 3.05) is 39.2 Å². The number of nitrogens with one attached hydrogen (secondary N) is 1. The largest absolute Gasteiger partial charge is 0.493 e. The molecule has 1 aliphatic heterocycles. The average Bonchev–Trinajstić information content (AvgIpc) is 3.25. The molecule has 1 atom stereocenters. The Kier molecular flexibility index (Phi) is 6.57. The van der Waals surface area contributed by atoms with E-state index in [1.807, 2.05) is 0 Å². The number of ether oxygens (including phenoxy) is 3. The Balaban J connectivity index is 1.59. The minimum Gasteiger partial charge on any atom is -0.493 e. The van der Waals surface area contributed by atoms with Crippen LogP contribution < -0.4 is 14.8 Å². The number of aromatic nitrogens is 2. The van der Waals surface area contributed by atoms with Gasteiger partial charge < -0.3 is 24.4 Å². The minimum atomic E-state index is -0.568. The molecule has 1 aromatic heterocycles. The van der Waals surface area contributed by atoms with Gasteiger partial charge in [-0.3, -0.25) is 4.79 Å². The van der Waals surface area contributed by atoms with E-state index in [1.165, 1.54) is 26.6 Å². The highest BCUT2D eigenvalue weighted by molar-refractivity contribution is 6.31. The van der Waals surface area contributed by atoms with Gasteiger partial charge in [0.15, 0.2) is 17.3 Å². The maximum absolute atomic E-state index is 14.3. The SMILES string of the molecule is COCC(=O)N1CC[C@@H](Oc2cc3ncnc(Nc4cccc(Cl)c4F)c3cc2OC)C1. The number of hydrogen-bond acceptors (Lipinski definition) is 7. The van der Waals surface area contributed by atoms with Crippen LogP contribution in [-0.2, 0) is 9.53 Å². The number of amides is 1. The molecule has 0 unspecified atom stereocenters. The van der Waals surface area contributed by atoms with Gasteiger partial charge in [-0.2, -0.15) is 0 Å². The van der Waals surface area contributed by atoms with Crippen LogP contribution in [0.15, 0.2) is 36.7 Å². The van der Waals surface area contributed by atoms with Crippen LogP contribution in [0.1, 0.15) is 6.42 Å². The highest BCUT2D eigenvalue weighted by Gasteiger charge is 2.28. The molecular formula is C22H22ClFN4O4. The van der Waals surface area contributed by atoms with Gasteiger partial charge in [0.1, 0.15) is 24.9 Å². The molecule has 4 rings (SSSR count). The fourth-order valence-electron chi connectivity index (χ4n) is 3.59. The van der Waals surface area contributed by atoms with E-state index in [2.05, 4.69) is 15.3 Å². The topological polar surface area (TPSA) is 85.8 Å². The van der Waals surface area contributed by atoms with Crippen molar-refractivity contribution in [3.8, 4) is 11.5 Å². The number of halogens is 2. The predicted octanol–water partition coefficient (Wildman–Crippen LogP) is 3.80. The second kappa shape index (κ2) is 9.54. The van der Waals surface area contributed by atoms with Crippen LogP contribution in [0.4, 0.5) is 15.9 Å². The minimum absolute atomic E-state index is 0.0104. The Labute approximate surface area is 189 Å². The number of methoxy groups -OCH3 is 2. The third kappa shape index (κ3) is 4.53. The first kappa shape index (κ1) is 22.0. The molecule has 0 bridgehead atoms. The first-order valence-corrected chi connectivity index (χ1v) is 10.3. The summed E-state index contributed by atoms with van der Waals surface area (Å²) in [5, 5.41) is 3.60. The standard InChI is InChI=1S/C22H22ClFN4O4/c1-30-11-20(29)28-7-6-13(10-28)32-19-9-17-14(8-18(19)31-2)22(26-12-25-17)27-16-5-3-4-15(23)21(16)24/h3-5,8-9,12-13H,6-7,10-11H2,1-2H3,(H,25,26,27)/t13-/m1/s1. The fraction of sp³-hybridized carbons (Fsp3) is 0.318. The van der Waals surface area contributed by atoms with Crippen LogP contribution in [0.3, 0.4) is 0 Å². The predicted molar refractivity (Wildman–Crippen MR) is 118 cm³/mol. The molecule has 32 heavy (non-hydrogen) atoms. The summed E-state index contributed by atoms with van der Waals surface area (Å²) in [6.07, 6.45) is 1.90. The smallest absolute Gasteiger partial charge is 0.248 e. The molecule has 168 valence electrons. The molecule has 8 nitrogen and oxygen atoms in total. The van der Waals surface area contributed by atoms with E-state index in [9.17, 15) is 9.18 Å². The summed E-state index contributed by atoms with van der Waals surface area (Å²) in [4.78, 5) is 22.3. The van der Waals surface area contributed by atoms with Crippen molar-refractivity contribution in [3.63, 3.8) is 0 Å². The first-order valence-electron chi connectivity index (χ1n) is 9.97. The molecule has 10 heteroatoms. The number of rotatable bonds is 7. The number of carbonyl (C=O) groups is 1. The Hall–Kier alpha value is -3.17. The van der Waals surface area contributed by atoms with Crippen molar-refractivity contribution in [1.82, 2.24) is 14.9 Å². The summed E-state index contributed by atoms with van der Waals surface area (Å²) in [6, 6.07) is 8.17. The lowest BCUT2D eigenvalue weighted by Crippen LogP contribution is -2.33. The van der Waals surface area contributed by atoms with Gasteiger partial charge in [-0.05, 0) is 18.2 Å². The summed E-state index contributed by atoms with van der Waals surface area (Å²) in [7, 11) is 3.03. The van der Waals surface area contributed by atoms with Gasteiger partial charge in [-0.1, -0.05) is 17.7 Å². The molecular weight excluding hydrogens is 439 g/mol. The highest BCUT2D eigenvalue weighted by atomic mass is 35.5. The number of carbonyl (C=O) groups excluding carboxylic acids is 1. The zero-order valence-electron chi connectivity index (χ0n) is 17.6. The third-order valence-corrected chi connectivity index (χ3v) is 5.48. The monoisotopic (exact) mass is 460 g/mol. The fourth-order valence-corrected chi connectivity index (χ4v) is 3.76. The Morgan fingerprint density at radius 2 is 2.12 bits per heavy atom. The van der Waals surface area contributed by atoms with E-state index in [-0.39, 0.29) is 29.3 Å². The van der Waals surface area contributed by atoms with Gasteiger partial charge in [0.25, 0.3) is 0 Å². The highest BCUT2D eigenvalue weighted by Crippen LogP contribution is 2.36. The van der Waals surface area contributed by atoms with Gasteiger partial charge in [0.05, 0.1) is 29.9 Å². The molecule has 0 aliphatic carbocycles. The lowest BCUT2D eigenvalue weighted by molar-refractivity contribution is -0.134. The number of anilines is 2. The van der Waals surface area contributed by atoms with Crippen LogP contribution in [0.25, 0.3) is 10.9 Å². The number of hydrogen-bond donors (Lipinski definition) is 1. The van der Waals surface area contributed by atoms with E-state index in [0.29, 0.717) is 47.7 Å². The summed E-state index contributed by atoms with van der Waals surface area (Å²) in [5.74, 6) is 0.744. The van der Waals surface area contributed by atoms with Crippen LogP contribution in [0.5, 0.6) is 11.5 Å². The maximum atomic E-state index is 14.3. The number of likely N-dealkylation sites (tertiary alicyclic amines) is 1. The summed E-state index contributed by atoms with van der Waals surface area (Å²) >= 11 is 5.88. The van der Waals surface area contributed by atoms with Crippen molar-refractivity contribution in [3.05, 3.63) is 47.5 Å². The number of fused-ring (bicyclic) bond motifs is 1. The lowest BCUT2D eigenvalue weighted by atomic mass is 10.2. The van der Waals surface area contributed by atoms with Crippen LogP contribution in [0, 0.1) is 5.82 Å². The second-order valence-electron chi connectivity index (χ2n) is 7.27. The van der Waals surface area contributed by atoms with Crippen molar-refractivity contribution in [1.29, 1.82) is 0 Å². The molecule has 1 aliphatic rings. The lowest BCUT2D eigenvalue weighted by Gasteiger charge is -2.19. The van der Waals surface area contributed by atoms with Crippen LogP contribution >= 0.6 is 11.6 Å². The Bertz CT molecular complexity index is 1150. The number of benzene rings is 2. The maximum Gasteiger partial charge on any atom is 0.248 e. The molecule has 1 N–H and O–H groups in total. The second-order valence-corrected chi connectivity index (χ2v) is 7.68. The normalized spacial score (nSPS) is 15.8. The van der Waals surface area contributed by atoms with E-state index in [1.54, 1.807) is 29.2 Å². The van der Waals surface area contributed by atoms with E-state index in [0.717, 1.165) is 0 Å². The molecule has 0 spiro atoms. The van der Waals surface area contributed by atoms with Gasteiger partial charge in [-0.25, -0.2) is 14.4 Å². The molecule has 1 amide bonds. The molecule has 3 aromatic rings. The first-order chi connectivity index (χ1) is 15.5. The quantitative estimate of drug-likeness (QED) is 0.574. The Morgan fingerprint density at radius 1 is 1.28 bits per heavy atom. The molecule has 2 heterocycles. The van der Waals surface area contributed by atoms with Gasteiger partial charge in [-0.15, -0.1) is 0 Å². The van der Waals surface area contributed by atoms with Crippen LogP contribution in [0.2, 0.25) is 5.02 Å². The van der Waals surface area contributed by atoms with Crippen molar-refractivity contribution in [2.45, 2.75) is 12.5 Å².